The zero-order chi connectivity index (χ0) is 29.4. The minimum Gasteiger partial charge on any atom is -0.389 e. The third-order valence-corrected chi connectivity index (χ3v) is 10.1. The number of hydrogen-bond donors (Lipinski definition) is 3. The number of benzene rings is 2. The van der Waals surface area contributed by atoms with Crippen LogP contribution < -0.4 is 5.73 Å². The van der Waals surface area contributed by atoms with Gasteiger partial charge in [-0.05, 0) is 72.1 Å². The van der Waals surface area contributed by atoms with E-state index in [0.717, 1.165) is 51.9 Å². The first kappa shape index (κ1) is 31.6. The topological polar surface area (TPSA) is 91.4 Å². The Morgan fingerprint density at radius 3 is 2.05 bits per heavy atom. The van der Waals surface area contributed by atoms with Crippen molar-refractivity contribution in [1.82, 2.24) is 9.80 Å². The van der Waals surface area contributed by atoms with Gasteiger partial charge in [0.25, 0.3) is 0 Å². The Hall–Kier alpha value is -1.84. The van der Waals surface area contributed by atoms with Crippen LogP contribution in [0.15, 0.2) is 48.5 Å². The van der Waals surface area contributed by atoms with Gasteiger partial charge in [-0.3, -0.25) is 9.80 Å². The summed E-state index contributed by atoms with van der Waals surface area (Å²) >= 11 is 0. The van der Waals surface area contributed by atoms with Crippen LogP contribution in [-0.4, -0.2) is 90.9 Å². The van der Waals surface area contributed by atoms with Crippen molar-refractivity contribution < 1.29 is 19.7 Å². The first-order valence-corrected chi connectivity index (χ1v) is 16.3. The Morgan fingerprint density at radius 2 is 1.45 bits per heavy atom. The van der Waals surface area contributed by atoms with Crippen LogP contribution in [0.25, 0.3) is 0 Å². The van der Waals surface area contributed by atoms with Crippen LogP contribution in [0.2, 0.25) is 0 Å². The molecule has 232 valence electrons. The number of fused-ring (bicyclic) bond motifs is 2. The minimum absolute atomic E-state index is 0.0442. The zero-order valence-electron chi connectivity index (χ0n) is 25.6. The molecule has 2 heterocycles. The summed E-state index contributed by atoms with van der Waals surface area (Å²) in [6.45, 7) is 9.29. The first-order chi connectivity index (χ1) is 20.4. The van der Waals surface area contributed by atoms with Crippen LogP contribution in [0.3, 0.4) is 0 Å². The summed E-state index contributed by atoms with van der Waals surface area (Å²) < 4.78 is 12.3. The summed E-state index contributed by atoms with van der Waals surface area (Å²) in [4.78, 5) is 4.66. The fourth-order valence-corrected chi connectivity index (χ4v) is 7.39. The van der Waals surface area contributed by atoms with Gasteiger partial charge >= 0.3 is 0 Å². The lowest BCUT2D eigenvalue weighted by molar-refractivity contribution is -0.0328. The normalized spacial score (nSPS) is 25.1. The second-order valence-electron chi connectivity index (χ2n) is 13.3. The van der Waals surface area contributed by atoms with E-state index in [2.05, 4.69) is 65.3 Å². The molecule has 0 saturated heterocycles. The molecule has 0 spiro atoms. The molecule has 5 unspecified atom stereocenters. The molecule has 0 aromatic heterocycles. The second kappa shape index (κ2) is 15.2. The highest BCUT2D eigenvalue weighted by molar-refractivity contribution is 5.29. The minimum atomic E-state index is -0.515. The molecular weight excluding hydrogens is 526 g/mol. The lowest BCUT2D eigenvalue weighted by Gasteiger charge is -2.34. The van der Waals surface area contributed by atoms with E-state index in [1.807, 2.05) is 0 Å². The van der Waals surface area contributed by atoms with Gasteiger partial charge in [-0.1, -0.05) is 61.9 Å². The molecule has 1 aliphatic carbocycles. The smallest absolute Gasteiger partial charge is 0.0900 e. The number of aliphatic hydroxyl groups is 2. The predicted octanol–water partition coefficient (Wildman–Crippen LogP) is 3.77. The lowest BCUT2D eigenvalue weighted by atomic mass is 9.76. The van der Waals surface area contributed by atoms with Crippen molar-refractivity contribution in [2.45, 2.75) is 83.3 Å². The second-order valence-corrected chi connectivity index (χ2v) is 13.3. The van der Waals surface area contributed by atoms with Gasteiger partial charge in [0.2, 0.25) is 0 Å². The molecule has 3 aliphatic rings. The van der Waals surface area contributed by atoms with Gasteiger partial charge in [0, 0.05) is 45.8 Å². The summed E-state index contributed by atoms with van der Waals surface area (Å²) in [6.07, 6.45) is 6.56. The van der Waals surface area contributed by atoms with E-state index in [1.165, 1.54) is 41.5 Å². The molecule has 5 rings (SSSR count). The third-order valence-electron chi connectivity index (χ3n) is 10.1. The Bertz CT molecular complexity index is 1120. The largest absolute Gasteiger partial charge is 0.389 e. The van der Waals surface area contributed by atoms with Gasteiger partial charge < -0.3 is 25.4 Å². The fraction of sp³-hybridized carbons (Fsp3) is 0.657. The van der Waals surface area contributed by atoms with E-state index >= 15 is 0 Å². The summed E-state index contributed by atoms with van der Waals surface area (Å²) in [7, 11) is 0. The molecule has 2 aliphatic heterocycles. The molecule has 1 saturated carbocycles. The van der Waals surface area contributed by atoms with E-state index in [0.29, 0.717) is 45.4 Å². The fourth-order valence-electron chi connectivity index (χ4n) is 7.39. The van der Waals surface area contributed by atoms with Crippen LogP contribution in [0.5, 0.6) is 0 Å². The quantitative estimate of drug-likeness (QED) is 0.296. The van der Waals surface area contributed by atoms with Crippen LogP contribution in [0, 0.1) is 11.3 Å². The number of nitrogens with two attached hydrogens (primary N) is 1. The van der Waals surface area contributed by atoms with Crippen molar-refractivity contribution in [3.8, 4) is 0 Å². The van der Waals surface area contributed by atoms with Crippen molar-refractivity contribution in [2.75, 3.05) is 52.5 Å². The lowest BCUT2D eigenvalue weighted by Crippen LogP contribution is -2.39. The monoisotopic (exact) mass is 579 g/mol. The van der Waals surface area contributed by atoms with Gasteiger partial charge in [-0.2, -0.15) is 0 Å². The molecule has 4 N–H and O–H groups in total. The summed E-state index contributed by atoms with van der Waals surface area (Å²) in [5.41, 5.74) is 11.9. The number of hydrogen-bond acceptors (Lipinski definition) is 7. The standard InChI is InChI=1S/C35H53N3O4/c1-35(16-12-34(19-36)42-26-33(40)23-38-18-14-28-8-3-5-10-30(28)21-38)15-6-11-31(35)24-41-25-32(39)22-37-17-13-27-7-2-4-9-29(27)20-37/h2-5,7-10,31-34,39-40H,6,11-26,36H2,1H3. The molecule has 5 atom stereocenters. The first-order valence-electron chi connectivity index (χ1n) is 16.3. The van der Waals surface area contributed by atoms with Crippen LogP contribution in [0.4, 0.5) is 0 Å². The molecule has 42 heavy (non-hydrogen) atoms. The van der Waals surface area contributed by atoms with Crippen LogP contribution in [0.1, 0.15) is 61.3 Å². The van der Waals surface area contributed by atoms with Gasteiger partial charge in [0.1, 0.15) is 0 Å². The average molecular weight is 580 g/mol. The molecule has 0 bridgehead atoms. The Balaban J connectivity index is 0.989. The van der Waals surface area contributed by atoms with E-state index in [1.54, 1.807) is 0 Å². The highest BCUT2D eigenvalue weighted by Crippen LogP contribution is 2.47. The van der Waals surface area contributed by atoms with Gasteiger partial charge in [0.05, 0.1) is 38.1 Å². The molecule has 7 nitrogen and oxygen atoms in total. The SMILES string of the molecule is CC1(CCC(CN)OCC(O)CN2CCc3ccccc3C2)CCCC1COCC(O)CN1CCc2ccccc2C1. The van der Waals surface area contributed by atoms with E-state index in [4.69, 9.17) is 15.2 Å². The number of β-amino-alcohol motifs (C(OH)–C–C–N with tert-alkyl or cyclic N) is 2. The number of ether oxygens (including phenoxy) is 2. The highest BCUT2D eigenvalue weighted by atomic mass is 16.5. The predicted molar refractivity (Wildman–Crippen MR) is 167 cm³/mol. The highest BCUT2D eigenvalue weighted by Gasteiger charge is 2.39. The molecule has 0 amide bonds. The molecule has 0 radical (unpaired) electrons. The maximum absolute atomic E-state index is 10.7. The van der Waals surface area contributed by atoms with Crippen molar-refractivity contribution in [3.63, 3.8) is 0 Å². The summed E-state index contributed by atoms with van der Waals surface area (Å²) in [5.74, 6) is 0.484. The molecule has 2 aromatic carbocycles. The Labute approximate surface area is 253 Å². The van der Waals surface area contributed by atoms with Crippen molar-refractivity contribution >= 4 is 0 Å². The van der Waals surface area contributed by atoms with Crippen molar-refractivity contribution in [2.24, 2.45) is 17.1 Å². The van der Waals surface area contributed by atoms with Crippen molar-refractivity contribution in [3.05, 3.63) is 70.8 Å². The van der Waals surface area contributed by atoms with Crippen LogP contribution >= 0.6 is 0 Å². The molecular formula is C35H53N3O4. The zero-order valence-corrected chi connectivity index (χ0v) is 25.6. The number of rotatable bonds is 15. The van der Waals surface area contributed by atoms with Crippen LogP contribution in [-0.2, 0) is 35.4 Å². The van der Waals surface area contributed by atoms with E-state index in [-0.39, 0.29) is 11.5 Å². The summed E-state index contributed by atoms with van der Waals surface area (Å²) in [6, 6.07) is 17.2. The summed E-state index contributed by atoms with van der Waals surface area (Å²) in [5, 5.41) is 21.4. The molecule has 1 fully saturated rings. The number of nitrogens with zero attached hydrogens (tertiary/aromatic N) is 2. The molecule has 2 aromatic rings. The van der Waals surface area contributed by atoms with Gasteiger partial charge in [-0.15, -0.1) is 0 Å². The maximum atomic E-state index is 10.7. The van der Waals surface area contributed by atoms with Gasteiger partial charge in [0.15, 0.2) is 0 Å². The Morgan fingerprint density at radius 1 is 0.881 bits per heavy atom. The van der Waals surface area contributed by atoms with E-state index in [9.17, 15) is 10.2 Å². The Kier molecular flexibility index (Phi) is 11.5. The average Bonchev–Trinajstić information content (AvgIpc) is 3.37. The maximum Gasteiger partial charge on any atom is 0.0900 e. The van der Waals surface area contributed by atoms with Crippen molar-refractivity contribution in [1.29, 1.82) is 0 Å². The number of aliphatic hydroxyl groups excluding tert-OH is 2. The third kappa shape index (κ3) is 8.63. The van der Waals surface area contributed by atoms with E-state index < -0.39 is 12.2 Å². The molecule has 7 heteroatoms. The van der Waals surface area contributed by atoms with Gasteiger partial charge in [-0.25, -0.2) is 0 Å².